The maximum atomic E-state index is 12.6. The van der Waals surface area contributed by atoms with Crippen LogP contribution in [0.2, 0.25) is 5.15 Å². The van der Waals surface area contributed by atoms with E-state index in [0.29, 0.717) is 5.15 Å². The van der Waals surface area contributed by atoms with Crippen molar-refractivity contribution in [2.75, 3.05) is 19.4 Å². The fourth-order valence-corrected chi connectivity index (χ4v) is 4.34. The fraction of sp³-hybridized carbons (Fsp3) is 0.500. The van der Waals surface area contributed by atoms with Gasteiger partial charge >= 0.3 is 5.97 Å². The van der Waals surface area contributed by atoms with Gasteiger partial charge in [0.25, 0.3) is 0 Å². The number of sulfonamides is 1. The number of nitrogens with zero attached hydrogens (tertiary/aromatic N) is 2. The summed E-state index contributed by atoms with van der Waals surface area (Å²) in [6.45, 7) is -0.236. The van der Waals surface area contributed by atoms with Gasteiger partial charge in [-0.2, -0.15) is 4.31 Å². The summed E-state index contributed by atoms with van der Waals surface area (Å²) in [5.41, 5.74) is 0.759. The van der Waals surface area contributed by atoms with Crippen LogP contribution in [0.25, 0.3) is 6.08 Å². The summed E-state index contributed by atoms with van der Waals surface area (Å²) >= 11 is 5.71. The van der Waals surface area contributed by atoms with Crippen molar-refractivity contribution in [2.45, 2.75) is 31.7 Å². The molecule has 0 bridgehead atoms. The Morgan fingerprint density at radius 2 is 2.12 bits per heavy atom. The minimum atomic E-state index is -3.59. The van der Waals surface area contributed by atoms with Crippen molar-refractivity contribution in [3.63, 3.8) is 0 Å². The molecule has 8 heteroatoms. The Balaban J connectivity index is 2.08. The third-order valence-electron chi connectivity index (χ3n) is 3.97. The van der Waals surface area contributed by atoms with Crippen LogP contribution in [0.1, 0.15) is 31.2 Å². The van der Waals surface area contributed by atoms with Crippen molar-refractivity contribution in [1.29, 1.82) is 0 Å². The lowest BCUT2D eigenvalue weighted by molar-refractivity contribution is -0.141. The van der Waals surface area contributed by atoms with E-state index in [1.165, 1.54) is 11.4 Å². The molecule has 0 aromatic carbocycles. The first-order chi connectivity index (χ1) is 11.4. The van der Waals surface area contributed by atoms with Crippen LogP contribution >= 0.6 is 11.6 Å². The van der Waals surface area contributed by atoms with Crippen molar-refractivity contribution in [3.8, 4) is 0 Å². The molecule has 1 heterocycles. The number of methoxy groups -OCH3 is 1. The molecule has 0 atom stereocenters. The maximum Gasteiger partial charge on any atom is 0.321 e. The number of rotatable bonds is 7. The summed E-state index contributed by atoms with van der Waals surface area (Å²) in [4.78, 5) is 15.5. The lowest BCUT2D eigenvalue weighted by atomic mass is 10.2. The fourth-order valence-electron chi connectivity index (χ4n) is 2.73. The molecule has 6 nitrogen and oxygen atoms in total. The van der Waals surface area contributed by atoms with Gasteiger partial charge < -0.3 is 4.74 Å². The SMILES string of the molecule is COC(=O)CN(C1CCCC1)S(=O)(=O)CC=Cc1ccc(Cl)nc1. The molecular weight excluding hydrogens is 352 g/mol. The molecule has 0 radical (unpaired) electrons. The van der Waals surface area contributed by atoms with E-state index in [1.807, 2.05) is 0 Å². The molecule has 0 N–H and O–H groups in total. The Labute approximate surface area is 147 Å². The summed E-state index contributed by atoms with van der Waals surface area (Å²) in [5, 5.41) is 0.380. The summed E-state index contributed by atoms with van der Waals surface area (Å²) in [5.74, 6) is -0.723. The molecule has 132 valence electrons. The topological polar surface area (TPSA) is 76.6 Å². The summed E-state index contributed by atoms with van der Waals surface area (Å²) in [6, 6.07) is 3.26. The number of esters is 1. The Kier molecular flexibility index (Phi) is 6.77. The molecule has 1 aromatic rings. The smallest absolute Gasteiger partial charge is 0.321 e. The van der Waals surface area contributed by atoms with Crippen molar-refractivity contribution >= 4 is 33.7 Å². The molecule has 0 aliphatic heterocycles. The normalized spacial score (nSPS) is 16.1. The van der Waals surface area contributed by atoms with E-state index in [9.17, 15) is 13.2 Å². The standard InChI is InChI=1S/C16H21ClN2O4S/c1-23-16(20)12-19(14-6-2-3-7-14)24(21,22)10-4-5-13-8-9-15(17)18-11-13/h4-5,8-9,11,14H,2-3,6-7,10,12H2,1H3. The van der Waals surface area contributed by atoms with E-state index in [0.717, 1.165) is 31.2 Å². The van der Waals surface area contributed by atoms with E-state index in [2.05, 4.69) is 9.72 Å². The number of carbonyl (C=O) groups is 1. The lowest BCUT2D eigenvalue weighted by Crippen LogP contribution is -2.43. The third-order valence-corrected chi connectivity index (χ3v) is 5.95. The molecule has 2 rings (SSSR count). The van der Waals surface area contributed by atoms with Gasteiger partial charge in [-0.3, -0.25) is 4.79 Å². The highest BCUT2D eigenvalue weighted by Crippen LogP contribution is 2.26. The Morgan fingerprint density at radius 3 is 2.71 bits per heavy atom. The summed E-state index contributed by atoms with van der Waals surface area (Å²) in [6.07, 6.45) is 8.30. The molecule has 0 saturated heterocycles. The van der Waals surface area contributed by atoms with Gasteiger partial charge in [-0.05, 0) is 24.5 Å². The highest BCUT2D eigenvalue weighted by Gasteiger charge is 2.33. The summed E-state index contributed by atoms with van der Waals surface area (Å²) in [7, 11) is -2.33. The second-order valence-corrected chi connectivity index (χ2v) is 8.01. The average molecular weight is 373 g/mol. The predicted molar refractivity (Wildman–Crippen MR) is 93.0 cm³/mol. The number of hydrogen-bond donors (Lipinski definition) is 0. The molecule has 0 unspecified atom stereocenters. The zero-order chi connectivity index (χ0) is 17.6. The van der Waals surface area contributed by atoms with Crippen LogP contribution in [0.5, 0.6) is 0 Å². The van der Waals surface area contributed by atoms with Gasteiger partial charge in [-0.25, -0.2) is 13.4 Å². The minimum Gasteiger partial charge on any atom is -0.468 e. The second-order valence-electron chi connectivity index (χ2n) is 5.65. The van der Waals surface area contributed by atoms with Crippen molar-refractivity contribution in [3.05, 3.63) is 35.1 Å². The zero-order valence-electron chi connectivity index (χ0n) is 13.5. The largest absolute Gasteiger partial charge is 0.468 e. The van der Waals surface area contributed by atoms with Crippen molar-refractivity contribution in [2.24, 2.45) is 0 Å². The highest BCUT2D eigenvalue weighted by atomic mass is 35.5. The first kappa shape index (κ1) is 18.9. The van der Waals surface area contributed by atoms with Crippen LogP contribution < -0.4 is 0 Å². The molecule has 0 spiro atoms. The third kappa shape index (κ3) is 5.29. The van der Waals surface area contributed by atoms with E-state index in [4.69, 9.17) is 11.6 Å². The molecule has 1 saturated carbocycles. The Morgan fingerprint density at radius 1 is 1.42 bits per heavy atom. The second kappa shape index (κ2) is 8.60. The number of pyridine rings is 1. The molecule has 1 fully saturated rings. The van der Waals surface area contributed by atoms with Gasteiger partial charge in [0, 0.05) is 12.2 Å². The average Bonchev–Trinajstić information content (AvgIpc) is 3.08. The van der Waals surface area contributed by atoms with E-state index < -0.39 is 16.0 Å². The monoisotopic (exact) mass is 372 g/mol. The molecule has 1 aliphatic rings. The van der Waals surface area contributed by atoms with Gasteiger partial charge in [0.05, 0.1) is 12.9 Å². The quantitative estimate of drug-likeness (QED) is 0.543. The van der Waals surface area contributed by atoms with Gasteiger partial charge in [0.2, 0.25) is 10.0 Å². The van der Waals surface area contributed by atoms with Crippen molar-refractivity contribution < 1.29 is 17.9 Å². The molecule has 1 aromatic heterocycles. The van der Waals surface area contributed by atoms with E-state index >= 15 is 0 Å². The van der Waals surface area contributed by atoms with Crippen LogP contribution in [-0.2, 0) is 19.6 Å². The van der Waals surface area contributed by atoms with Crippen LogP contribution in [0.15, 0.2) is 24.4 Å². The number of ether oxygens (including phenoxy) is 1. The van der Waals surface area contributed by atoms with Crippen LogP contribution in [0.4, 0.5) is 0 Å². The number of halogens is 1. The summed E-state index contributed by atoms with van der Waals surface area (Å²) < 4.78 is 31.2. The zero-order valence-corrected chi connectivity index (χ0v) is 15.1. The Hall–Kier alpha value is -1.44. The van der Waals surface area contributed by atoms with E-state index in [1.54, 1.807) is 30.5 Å². The van der Waals surface area contributed by atoms with Crippen LogP contribution in [0.3, 0.4) is 0 Å². The molecule has 1 aliphatic carbocycles. The first-order valence-electron chi connectivity index (χ1n) is 7.77. The number of carbonyl (C=O) groups excluding carboxylic acids is 1. The molecule has 0 amide bonds. The van der Waals surface area contributed by atoms with Crippen LogP contribution in [-0.4, -0.2) is 49.1 Å². The maximum absolute atomic E-state index is 12.6. The number of hydrogen-bond acceptors (Lipinski definition) is 5. The van der Waals surface area contributed by atoms with Gasteiger partial charge in [-0.15, -0.1) is 0 Å². The predicted octanol–water partition coefficient (Wildman–Crippen LogP) is 2.50. The Bertz CT molecular complexity index is 683. The van der Waals surface area contributed by atoms with Crippen LogP contribution in [0, 0.1) is 0 Å². The molecular formula is C16H21ClN2O4S. The minimum absolute atomic E-state index is 0.125. The van der Waals surface area contributed by atoms with E-state index in [-0.39, 0.29) is 18.3 Å². The van der Waals surface area contributed by atoms with Gasteiger partial charge in [0.1, 0.15) is 11.7 Å². The van der Waals surface area contributed by atoms with Crippen molar-refractivity contribution in [1.82, 2.24) is 9.29 Å². The van der Waals surface area contributed by atoms with Gasteiger partial charge in [-0.1, -0.05) is 42.7 Å². The highest BCUT2D eigenvalue weighted by molar-refractivity contribution is 7.89. The van der Waals surface area contributed by atoms with Gasteiger partial charge in [0.15, 0.2) is 0 Å². The first-order valence-corrected chi connectivity index (χ1v) is 9.75. The molecule has 24 heavy (non-hydrogen) atoms. The lowest BCUT2D eigenvalue weighted by Gasteiger charge is -2.26. The number of aromatic nitrogens is 1.